The molecule has 3 aromatic carbocycles. The number of halogens is 3. The predicted octanol–water partition coefficient (Wildman–Crippen LogP) is 6.07. The van der Waals surface area contributed by atoms with Gasteiger partial charge in [-0.3, -0.25) is 4.79 Å². The molecule has 0 aromatic heterocycles. The highest BCUT2D eigenvalue weighted by atomic mass is 35.5. The molecule has 3 aromatic rings. The quantitative estimate of drug-likeness (QED) is 0.473. The fourth-order valence-corrected chi connectivity index (χ4v) is 4.29. The zero-order valence-corrected chi connectivity index (χ0v) is 14.7. The van der Waals surface area contributed by atoms with Crippen LogP contribution in [0.5, 0.6) is 0 Å². The topological polar surface area (TPSA) is 17.1 Å². The third-order valence-electron chi connectivity index (χ3n) is 4.41. The summed E-state index contributed by atoms with van der Waals surface area (Å²) < 4.78 is 0. The van der Waals surface area contributed by atoms with Crippen LogP contribution in [0.4, 0.5) is 0 Å². The van der Waals surface area contributed by atoms with Gasteiger partial charge in [-0.15, -0.1) is 11.6 Å². The van der Waals surface area contributed by atoms with E-state index in [4.69, 9.17) is 34.8 Å². The number of carbonyl (C=O) groups excluding carboxylic acids is 1. The number of carbonyl (C=O) groups is 1. The van der Waals surface area contributed by atoms with Crippen molar-refractivity contribution in [1.29, 1.82) is 0 Å². The van der Waals surface area contributed by atoms with Crippen LogP contribution in [0.1, 0.15) is 32.6 Å². The number of ketones is 1. The number of alkyl halides is 1. The van der Waals surface area contributed by atoms with Crippen molar-refractivity contribution >= 4 is 40.6 Å². The van der Waals surface area contributed by atoms with E-state index < -0.39 is 4.87 Å². The van der Waals surface area contributed by atoms with Crippen molar-refractivity contribution in [1.82, 2.24) is 0 Å². The first-order valence-corrected chi connectivity index (χ1v) is 8.55. The third kappa shape index (κ3) is 2.05. The van der Waals surface area contributed by atoms with E-state index in [9.17, 15) is 4.79 Å². The number of rotatable bonds is 1. The highest BCUT2D eigenvalue weighted by Crippen LogP contribution is 2.51. The molecular formula is C20H11Cl3O. The lowest BCUT2D eigenvalue weighted by atomic mass is 9.73. The Hall–Kier alpha value is -1.80. The van der Waals surface area contributed by atoms with E-state index >= 15 is 0 Å². The van der Waals surface area contributed by atoms with Gasteiger partial charge in [0.1, 0.15) is 4.87 Å². The summed E-state index contributed by atoms with van der Waals surface area (Å²) in [6.45, 7) is 0. The van der Waals surface area contributed by atoms with Crippen molar-refractivity contribution in [3.63, 3.8) is 0 Å². The Morgan fingerprint density at radius 1 is 0.667 bits per heavy atom. The Morgan fingerprint density at radius 3 is 1.75 bits per heavy atom. The van der Waals surface area contributed by atoms with E-state index in [1.165, 1.54) is 0 Å². The van der Waals surface area contributed by atoms with Crippen molar-refractivity contribution in [2.75, 3.05) is 0 Å². The maximum atomic E-state index is 12.9. The van der Waals surface area contributed by atoms with Crippen molar-refractivity contribution < 1.29 is 4.79 Å². The van der Waals surface area contributed by atoms with E-state index in [2.05, 4.69) is 0 Å². The molecule has 0 heterocycles. The molecule has 0 aliphatic heterocycles. The second kappa shape index (κ2) is 5.63. The van der Waals surface area contributed by atoms with Gasteiger partial charge in [0, 0.05) is 16.7 Å². The largest absolute Gasteiger partial charge is 0.289 e. The Labute approximate surface area is 154 Å². The van der Waals surface area contributed by atoms with Gasteiger partial charge in [0.05, 0.1) is 10.0 Å². The molecule has 0 saturated carbocycles. The molecule has 4 heteroatoms. The minimum atomic E-state index is -1.07. The average molecular weight is 374 g/mol. The second-order valence-electron chi connectivity index (χ2n) is 5.68. The highest BCUT2D eigenvalue weighted by molar-refractivity contribution is 6.43. The van der Waals surface area contributed by atoms with Crippen molar-refractivity contribution in [3.8, 4) is 0 Å². The fourth-order valence-electron chi connectivity index (χ4n) is 3.31. The van der Waals surface area contributed by atoms with Gasteiger partial charge in [-0.05, 0) is 17.2 Å². The van der Waals surface area contributed by atoms with Crippen LogP contribution in [0.15, 0.2) is 66.7 Å². The number of hydrogen-bond donors (Lipinski definition) is 0. The van der Waals surface area contributed by atoms with Gasteiger partial charge in [-0.2, -0.15) is 0 Å². The SMILES string of the molecule is O=C1c2ccccc2C(Cl)(c2cccc(Cl)c2Cl)c2ccccc21. The van der Waals surface area contributed by atoms with E-state index in [0.717, 1.165) is 11.1 Å². The fraction of sp³-hybridized carbons (Fsp3) is 0.0500. The van der Waals surface area contributed by atoms with Crippen molar-refractivity contribution in [3.05, 3.63) is 105 Å². The molecule has 0 fully saturated rings. The van der Waals surface area contributed by atoms with Crippen LogP contribution in [-0.2, 0) is 4.87 Å². The number of hydrogen-bond acceptors (Lipinski definition) is 1. The van der Waals surface area contributed by atoms with E-state index in [-0.39, 0.29) is 5.78 Å². The number of benzene rings is 3. The Kier molecular flexibility index (Phi) is 3.69. The molecule has 0 unspecified atom stereocenters. The lowest BCUT2D eigenvalue weighted by Gasteiger charge is -2.36. The zero-order chi connectivity index (χ0) is 16.9. The normalized spacial score (nSPS) is 14.9. The van der Waals surface area contributed by atoms with Crippen LogP contribution in [-0.4, -0.2) is 5.78 Å². The summed E-state index contributed by atoms with van der Waals surface area (Å²) in [4.78, 5) is 11.8. The molecule has 0 bridgehead atoms. The molecule has 0 saturated heterocycles. The molecule has 0 radical (unpaired) electrons. The van der Waals surface area contributed by atoms with E-state index in [0.29, 0.717) is 26.7 Å². The maximum absolute atomic E-state index is 12.9. The van der Waals surface area contributed by atoms with Crippen LogP contribution >= 0.6 is 34.8 Å². The summed E-state index contributed by atoms with van der Waals surface area (Å²) in [7, 11) is 0. The second-order valence-corrected chi connectivity index (χ2v) is 7.03. The van der Waals surface area contributed by atoms with Gasteiger partial charge >= 0.3 is 0 Å². The lowest BCUT2D eigenvalue weighted by Crippen LogP contribution is -2.32. The standard InChI is InChI=1S/C20H11Cl3O/c21-17-11-5-10-16(18(17)22)20(23)14-8-3-1-6-12(14)19(24)13-7-2-4-9-15(13)20/h1-11H. The third-order valence-corrected chi connectivity index (χ3v) is 5.84. The molecule has 1 aliphatic carbocycles. The van der Waals surface area contributed by atoms with Crippen molar-refractivity contribution in [2.24, 2.45) is 0 Å². The lowest BCUT2D eigenvalue weighted by molar-refractivity contribution is 0.103. The van der Waals surface area contributed by atoms with Gasteiger partial charge in [-0.1, -0.05) is 83.9 Å². The molecule has 0 atom stereocenters. The molecule has 118 valence electrons. The molecule has 0 spiro atoms. The summed E-state index contributed by atoms with van der Waals surface area (Å²) in [5.41, 5.74) is 3.29. The molecule has 1 nitrogen and oxygen atoms in total. The molecular weight excluding hydrogens is 363 g/mol. The highest BCUT2D eigenvalue weighted by Gasteiger charge is 2.44. The average Bonchev–Trinajstić information content (AvgIpc) is 2.62. The van der Waals surface area contributed by atoms with Crippen LogP contribution in [0.25, 0.3) is 0 Å². The summed E-state index contributed by atoms with van der Waals surface area (Å²) in [5.74, 6) is -0.0318. The minimum absolute atomic E-state index is 0.0318. The molecule has 0 N–H and O–H groups in total. The van der Waals surface area contributed by atoms with Crippen LogP contribution in [0, 0.1) is 0 Å². The van der Waals surface area contributed by atoms with Gasteiger partial charge in [0.15, 0.2) is 5.78 Å². The summed E-state index contributed by atoms with van der Waals surface area (Å²) >= 11 is 19.9. The van der Waals surface area contributed by atoms with Gasteiger partial charge in [0.25, 0.3) is 0 Å². The first kappa shape index (κ1) is 15.7. The Bertz CT molecular complexity index is 929. The first-order chi connectivity index (χ1) is 11.5. The number of fused-ring (bicyclic) bond motifs is 2. The first-order valence-electron chi connectivity index (χ1n) is 7.42. The zero-order valence-electron chi connectivity index (χ0n) is 12.4. The predicted molar refractivity (Wildman–Crippen MR) is 98.5 cm³/mol. The Balaban J connectivity index is 2.14. The van der Waals surface area contributed by atoms with Crippen molar-refractivity contribution in [2.45, 2.75) is 4.87 Å². The Morgan fingerprint density at radius 2 is 1.17 bits per heavy atom. The van der Waals surface area contributed by atoms with E-state index in [1.807, 2.05) is 48.5 Å². The smallest absolute Gasteiger partial charge is 0.193 e. The van der Waals surface area contributed by atoms with Gasteiger partial charge < -0.3 is 0 Å². The summed E-state index contributed by atoms with van der Waals surface area (Å²) in [6, 6.07) is 20.1. The molecule has 4 rings (SSSR count). The molecule has 1 aliphatic rings. The minimum Gasteiger partial charge on any atom is -0.289 e. The van der Waals surface area contributed by atoms with Gasteiger partial charge in [-0.25, -0.2) is 0 Å². The van der Waals surface area contributed by atoms with Crippen LogP contribution < -0.4 is 0 Å². The molecule has 24 heavy (non-hydrogen) atoms. The van der Waals surface area contributed by atoms with Gasteiger partial charge in [0.2, 0.25) is 0 Å². The van der Waals surface area contributed by atoms with Crippen LogP contribution in [0.2, 0.25) is 10.0 Å². The van der Waals surface area contributed by atoms with E-state index in [1.54, 1.807) is 18.2 Å². The summed E-state index contributed by atoms with van der Waals surface area (Å²) in [6.07, 6.45) is 0. The summed E-state index contributed by atoms with van der Waals surface area (Å²) in [5, 5.41) is 0.828. The maximum Gasteiger partial charge on any atom is 0.193 e. The molecule has 0 amide bonds. The monoisotopic (exact) mass is 372 g/mol. The van der Waals surface area contributed by atoms with Crippen LogP contribution in [0.3, 0.4) is 0 Å².